The van der Waals surface area contributed by atoms with Crippen LogP contribution in [-0.2, 0) is 13.5 Å². The molecular weight excluding hydrogens is 262 g/mol. The summed E-state index contributed by atoms with van der Waals surface area (Å²) in [4.78, 5) is 1.57. The van der Waals surface area contributed by atoms with Gasteiger partial charge in [0.05, 0.1) is 7.05 Å². The third kappa shape index (κ3) is 5.06. The molecule has 0 radical (unpaired) electrons. The van der Waals surface area contributed by atoms with Gasteiger partial charge in [0, 0.05) is 12.0 Å². The van der Waals surface area contributed by atoms with Crippen LogP contribution in [0, 0.1) is 17.8 Å². The van der Waals surface area contributed by atoms with Gasteiger partial charge in [0.1, 0.15) is 0 Å². The highest BCUT2D eigenvalue weighted by Gasteiger charge is 2.31. The van der Waals surface area contributed by atoms with E-state index in [1.807, 2.05) is 7.05 Å². The minimum Gasteiger partial charge on any atom is -0.312 e. The molecular formula is C16H31N5. The Morgan fingerprint density at radius 3 is 2.57 bits per heavy atom. The Hall–Kier alpha value is -0.970. The topological polar surface area (TPSA) is 55.6 Å². The fraction of sp³-hybridized carbons (Fsp3) is 0.938. The Morgan fingerprint density at radius 2 is 2.00 bits per heavy atom. The molecule has 5 heteroatoms. The molecule has 3 unspecified atom stereocenters. The van der Waals surface area contributed by atoms with E-state index >= 15 is 0 Å². The lowest BCUT2D eigenvalue weighted by Gasteiger charge is -2.37. The van der Waals surface area contributed by atoms with Crippen LogP contribution in [0.1, 0.15) is 59.2 Å². The zero-order valence-electron chi connectivity index (χ0n) is 14.3. The molecule has 1 heterocycles. The number of nitrogens with one attached hydrogen (secondary N) is 1. The molecule has 2 rings (SSSR count). The van der Waals surface area contributed by atoms with Gasteiger partial charge >= 0.3 is 0 Å². The number of aromatic nitrogens is 4. The lowest BCUT2D eigenvalue weighted by atomic mass is 9.71. The molecule has 1 aliphatic rings. The molecule has 3 atom stereocenters. The number of hydrogen-bond donors (Lipinski definition) is 1. The van der Waals surface area contributed by atoms with Crippen LogP contribution in [0.5, 0.6) is 0 Å². The van der Waals surface area contributed by atoms with E-state index in [0.29, 0.717) is 5.92 Å². The molecule has 5 nitrogen and oxygen atoms in total. The molecule has 0 bridgehead atoms. The molecule has 1 aliphatic carbocycles. The van der Waals surface area contributed by atoms with Gasteiger partial charge in [0.25, 0.3) is 0 Å². The summed E-state index contributed by atoms with van der Waals surface area (Å²) in [6.45, 7) is 10.1. The van der Waals surface area contributed by atoms with Crippen molar-refractivity contribution in [2.24, 2.45) is 24.8 Å². The average Bonchev–Trinajstić information content (AvgIpc) is 2.81. The second-order valence-electron chi connectivity index (χ2n) is 7.64. The normalized spacial score (nSPS) is 27.0. The van der Waals surface area contributed by atoms with Crippen LogP contribution in [0.25, 0.3) is 0 Å². The van der Waals surface area contributed by atoms with Gasteiger partial charge < -0.3 is 5.32 Å². The van der Waals surface area contributed by atoms with Crippen LogP contribution >= 0.6 is 0 Å². The van der Waals surface area contributed by atoms with Gasteiger partial charge in [-0.2, -0.15) is 4.80 Å². The summed E-state index contributed by atoms with van der Waals surface area (Å²) in [5.41, 5.74) is 0.191. The SMILES string of the molecule is CCC1CCC(CNC(C)(C)C)C(Cc2nnn(C)n2)C1. The average molecular weight is 293 g/mol. The molecule has 0 aliphatic heterocycles. The molecule has 21 heavy (non-hydrogen) atoms. The second-order valence-corrected chi connectivity index (χ2v) is 7.64. The van der Waals surface area contributed by atoms with Gasteiger partial charge in [-0.15, -0.1) is 10.2 Å². The number of nitrogens with zero attached hydrogens (tertiary/aromatic N) is 4. The van der Waals surface area contributed by atoms with Crippen LogP contribution in [0.15, 0.2) is 0 Å². The molecule has 120 valence electrons. The molecule has 1 aromatic heterocycles. The Kier molecular flexibility index (Phi) is 5.36. The highest BCUT2D eigenvalue weighted by Crippen LogP contribution is 2.36. The largest absolute Gasteiger partial charge is 0.312 e. The first-order chi connectivity index (χ1) is 9.87. The lowest BCUT2D eigenvalue weighted by Crippen LogP contribution is -2.42. The fourth-order valence-corrected chi connectivity index (χ4v) is 3.39. The van der Waals surface area contributed by atoms with E-state index < -0.39 is 0 Å². The molecule has 0 aromatic carbocycles. The van der Waals surface area contributed by atoms with Crippen molar-refractivity contribution in [3.05, 3.63) is 5.82 Å². The summed E-state index contributed by atoms with van der Waals surface area (Å²) >= 11 is 0. The standard InChI is InChI=1S/C16H31N5/c1-6-12-7-8-13(11-17-16(2,3)4)14(9-12)10-15-18-20-21(5)19-15/h12-14,17H,6-11H2,1-5H3. The maximum atomic E-state index is 4.37. The number of tetrazole rings is 1. The molecule has 1 N–H and O–H groups in total. The van der Waals surface area contributed by atoms with Crippen molar-refractivity contribution in [1.29, 1.82) is 0 Å². The van der Waals surface area contributed by atoms with E-state index in [2.05, 4.69) is 48.4 Å². The van der Waals surface area contributed by atoms with Gasteiger partial charge in [-0.25, -0.2) is 0 Å². The minimum atomic E-state index is 0.191. The van der Waals surface area contributed by atoms with E-state index in [9.17, 15) is 0 Å². The Morgan fingerprint density at radius 1 is 1.24 bits per heavy atom. The first kappa shape index (κ1) is 16.4. The minimum absolute atomic E-state index is 0.191. The highest BCUT2D eigenvalue weighted by atomic mass is 15.6. The first-order valence-corrected chi connectivity index (χ1v) is 8.35. The summed E-state index contributed by atoms with van der Waals surface area (Å²) < 4.78 is 0. The molecule has 0 amide bonds. The Balaban J connectivity index is 1.99. The number of rotatable bonds is 5. The Labute approximate surface area is 128 Å². The summed E-state index contributed by atoms with van der Waals surface area (Å²) in [6, 6.07) is 0. The number of aryl methyl sites for hydroxylation is 1. The smallest absolute Gasteiger partial charge is 0.175 e. The van der Waals surface area contributed by atoms with E-state index in [-0.39, 0.29) is 5.54 Å². The highest BCUT2D eigenvalue weighted by molar-refractivity contribution is 4.89. The third-order valence-corrected chi connectivity index (χ3v) is 4.71. The first-order valence-electron chi connectivity index (χ1n) is 8.35. The molecule has 0 spiro atoms. The maximum absolute atomic E-state index is 4.37. The maximum Gasteiger partial charge on any atom is 0.175 e. The van der Waals surface area contributed by atoms with Crippen molar-refractivity contribution in [3.63, 3.8) is 0 Å². The number of hydrogen-bond acceptors (Lipinski definition) is 4. The summed E-state index contributed by atoms with van der Waals surface area (Å²) in [5.74, 6) is 3.19. The molecule has 1 saturated carbocycles. The monoisotopic (exact) mass is 293 g/mol. The summed E-state index contributed by atoms with van der Waals surface area (Å²) in [5, 5.41) is 16.2. The third-order valence-electron chi connectivity index (χ3n) is 4.71. The van der Waals surface area contributed by atoms with Crippen LogP contribution in [-0.4, -0.2) is 32.3 Å². The summed E-state index contributed by atoms with van der Waals surface area (Å²) in [7, 11) is 1.84. The Bertz CT molecular complexity index is 434. The van der Waals surface area contributed by atoms with Crippen molar-refractivity contribution in [2.75, 3.05) is 6.54 Å². The van der Waals surface area contributed by atoms with E-state index in [1.165, 1.54) is 25.7 Å². The quantitative estimate of drug-likeness (QED) is 0.906. The van der Waals surface area contributed by atoms with E-state index in [1.54, 1.807) is 4.80 Å². The van der Waals surface area contributed by atoms with Crippen molar-refractivity contribution in [2.45, 2.75) is 65.3 Å². The van der Waals surface area contributed by atoms with E-state index in [4.69, 9.17) is 0 Å². The summed E-state index contributed by atoms with van der Waals surface area (Å²) in [6.07, 6.45) is 6.28. The van der Waals surface area contributed by atoms with Gasteiger partial charge in [0.2, 0.25) is 0 Å². The van der Waals surface area contributed by atoms with Crippen molar-refractivity contribution in [3.8, 4) is 0 Å². The van der Waals surface area contributed by atoms with Crippen LogP contribution in [0.3, 0.4) is 0 Å². The van der Waals surface area contributed by atoms with Gasteiger partial charge in [-0.3, -0.25) is 0 Å². The van der Waals surface area contributed by atoms with Crippen LogP contribution < -0.4 is 5.32 Å². The lowest BCUT2D eigenvalue weighted by molar-refractivity contribution is 0.161. The second kappa shape index (κ2) is 6.86. The zero-order valence-corrected chi connectivity index (χ0v) is 14.3. The molecule has 0 saturated heterocycles. The predicted octanol–water partition coefficient (Wildman–Crippen LogP) is 2.58. The zero-order chi connectivity index (χ0) is 15.5. The van der Waals surface area contributed by atoms with Gasteiger partial charge in [0.15, 0.2) is 5.82 Å². The van der Waals surface area contributed by atoms with Gasteiger partial charge in [-0.1, -0.05) is 19.8 Å². The van der Waals surface area contributed by atoms with Crippen molar-refractivity contribution < 1.29 is 0 Å². The van der Waals surface area contributed by atoms with Crippen LogP contribution in [0.2, 0.25) is 0 Å². The van der Waals surface area contributed by atoms with Crippen molar-refractivity contribution >= 4 is 0 Å². The van der Waals surface area contributed by atoms with Crippen molar-refractivity contribution in [1.82, 2.24) is 25.5 Å². The van der Waals surface area contributed by atoms with E-state index in [0.717, 1.165) is 30.6 Å². The fourth-order valence-electron chi connectivity index (χ4n) is 3.39. The predicted molar refractivity (Wildman–Crippen MR) is 84.9 cm³/mol. The van der Waals surface area contributed by atoms with Crippen LogP contribution in [0.4, 0.5) is 0 Å². The van der Waals surface area contributed by atoms with Gasteiger partial charge in [-0.05, 0) is 63.1 Å². The molecule has 1 fully saturated rings. The molecule has 1 aromatic rings.